The van der Waals surface area contributed by atoms with Crippen molar-refractivity contribution in [2.75, 3.05) is 6.54 Å². The molecule has 5 nitrogen and oxygen atoms in total. The van der Waals surface area contributed by atoms with Gasteiger partial charge < -0.3 is 9.52 Å². The monoisotopic (exact) mass is 321 g/mol. The van der Waals surface area contributed by atoms with Crippen molar-refractivity contribution in [2.45, 2.75) is 16.7 Å². The van der Waals surface area contributed by atoms with Gasteiger partial charge in [0.2, 0.25) is 10.0 Å². The van der Waals surface area contributed by atoms with Crippen LogP contribution >= 0.6 is 22.9 Å². The molecule has 0 radical (unpaired) electrons. The lowest BCUT2D eigenvalue weighted by atomic mass is 10.1. The Balaban J connectivity index is 2.10. The minimum atomic E-state index is -3.68. The van der Waals surface area contributed by atoms with Crippen molar-refractivity contribution in [1.29, 1.82) is 0 Å². The van der Waals surface area contributed by atoms with Crippen molar-refractivity contribution in [1.82, 2.24) is 4.72 Å². The van der Waals surface area contributed by atoms with Gasteiger partial charge in [-0.25, -0.2) is 13.1 Å². The van der Waals surface area contributed by atoms with Gasteiger partial charge in [-0.15, -0.1) is 11.3 Å². The normalized spacial score (nSPS) is 15.3. The molecule has 0 aliphatic rings. The summed E-state index contributed by atoms with van der Waals surface area (Å²) in [5.41, 5.74) is -1.42. The first-order valence-electron chi connectivity index (χ1n) is 5.33. The first-order chi connectivity index (χ1) is 8.81. The topological polar surface area (TPSA) is 79.5 Å². The number of rotatable bonds is 5. The Hall–Kier alpha value is -0.860. The van der Waals surface area contributed by atoms with E-state index >= 15 is 0 Å². The molecule has 0 saturated heterocycles. The summed E-state index contributed by atoms with van der Waals surface area (Å²) in [5.74, 6) is 0.291. The van der Waals surface area contributed by atoms with E-state index in [1.165, 1.54) is 25.3 Å². The number of halogens is 1. The van der Waals surface area contributed by atoms with Crippen LogP contribution in [0.2, 0.25) is 4.34 Å². The second-order valence-electron chi connectivity index (χ2n) is 4.13. The molecule has 2 rings (SSSR count). The number of hydrogen-bond donors (Lipinski definition) is 2. The molecule has 19 heavy (non-hydrogen) atoms. The molecule has 2 aromatic heterocycles. The van der Waals surface area contributed by atoms with E-state index in [2.05, 4.69) is 4.72 Å². The number of sulfonamides is 1. The molecular weight excluding hydrogens is 310 g/mol. The Kier molecular flexibility index (Phi) is 4.03. The lowest BCUT2D eigenvalue weighted by Crippen LogP contribution is -2.38. The molecule has 0 spiro atoms. The van der Waals surface area contributed by atoms with Gasteiger partial charge in [0.05, 0.1) is 10.6 Å². The molecule has 2 N–H and O–H groups in total. The molecule has 8 heteroatoms. The minimum Gasteiger partial charge on any atom is -0.466 e. The highest BCUT2D eigenvalue weighted by atomic mass is 35.5. The van der Waals surface area contributed by atoms with E-state index in [4.69, 9.17) is 16.0 Å². The Bertz CT molecular complexity index is 646. The van der Waals surface area contributed by atoms with Gasteiger partial charge in [-0.1, -0.05) is 11.6 Å². The van der Waals surface area contributed by atoms with E-state index in [9.17, 15) is 13.5 Å². The molecule has 0 saturated carbocycles. The van der Waals surface area contributed by atoms with Crippen LogP contribution in [0.3, 0.4) is 0 Å². The highest BCUT2D eigenvalue weighted by molar-refractivity contribution is 7.91. The fraction of sp³-hybridized carbons (Fsp3) is 0.273. The zero-order chi connectivity index (χ0) is 14.1. The minimum absolute atomic E-state index is 0.104. The van der Waals surface area contributed by atoms with Crippen molar-refractivity contribution >= 4 is 33.0 Å². The van der Waals surface area contributed by atoms with Crippen molar-refractivity contribution in [3.63, 3.8) is 0 Å². The number of aliphatic hydroxyl groups is 1. The molecule has 0 aliphatic heterocycles. The third-order valence-corrected chi connectivity index (χ3v) is 5.60. The molecule has 2 heterocycles. The van der Waals surface area contributed by atoms with E-state index in [1.54, 1.807) is 12.1 Å². The first-order valence-corrected chi connectivity index (χ1v) is 8.00. The second-order valence-corrected chi connectivity index (χ2v) is 7.84. The molecule has 0 aliphatic carbocycles. The standard InChI is InChI=1S/C11H12ClNO4S2/c1-11(14,8-3-2-6-17-8)7-13-19(15,16)10-5-4-9(12)18-10/h2-6,13-14H,7H2,1H3/t11-/m0/s1. The van der Waals surface area contributed by atoms with Crippen molar-refractivity contribution < 1.29 is 17.9 Å². The summed E-state index contributed by atoms with van der Waals surface area (Å²) in [5, 5.41) is 10.1. The van der Waals surface area contributed by atoms with Crippen molar-refractivity contribution in [3.05, 3.63) is 40.6 Å². The quantitative estimate of drug-likeness (QED) is 0.884. The van der Waals surface area contributed by atoms with Gasteiger partial charge in [0.15, 0.2) is 0 Å². The molecule has 1 atom stereocenters. The predicted molar refractivity (Wildman–Crippen MR) is 72.8 cm³/mol. The molecular formula is C11H12ClNO4S2. The average molecular weight is 322 g/mol. The molecule has 0 bridgehead atoms. The summed E-state index contributed by atoms with van der Waals surface area (Å²) in [4.78, 5) is 0. The third kappa shape index (κ3) is 3.37. The van der Waals surface area contributed by atoms with E-state index in [0.29, 0.717) is 10.1 Å². The van der Waals surface area contributed by atoms with Crippen LogP contribution in [0.1, 0.15) is 12.7 Å². The summed E-state index contributed by atoms with van der Waals surface area (Å²) in [6, 6.07) is 6.12. The van der Waals surface area contributed by atoms with Crippen LogP contribution in [-0.4, -0.2) is 20.1 Å². The summed E-state index contributed by atoms with van der Waals surface area (Å²) in [7, 11) is -3.68. The van der Waals surface area contributed by atoms with Gasteiger partial charge in [-0.05, 0) is 31.2 Å². The van der Waals surface area contributed by atoms with Crippen LogP contribution in [0.5, 0.6) is 0 Å². The van der Waals surface area contributed by atoms with Gasteiger partial charge >= 0.3 is 0 Å². The van der Waals surface area contributed by atoms with Crippen LogP contribution in [0.15, 0.2) is 39.2 Å². The summed E-state index contributed by atoms with van der Waals surface area (Å²) >= 11 is 6.65. The molecule has 0 amide bonds. The number of hydrogen-bond acceptors (Lipinski definition) is 5. The van der Waals surface area contributed by atoms with Gasteiger partial charge in [-0.2, -0.15) is 0 Å². The Morgan fingerprint density at radius 2 is 2.21 bits per heavy atom. The fourth-order valence-corrected chi connectivity index (χ4v) is 4.08. The predicted octanol–water partition coefficient (Wildman–Crippen LogP) is 2.18. The SMILES string of the molecule is C[C@](O)(CNS(=O)(=O)c1ccc(Cl)s1)c1ccco1. The molecule has 2 aromatic rings. The van der Waals surface area contributed by atoms with Crippen LogP contribution in [-0.2, 0) is 15.6 Å². The largest absolute Gasteiger partial charge is 0.466 e. The van der Waals surface area contributed by atoms with Gasteiger partial charge in [-0.3, -0.25) is 0 Å². The van der Waals surface area contributed by atoms with Gasteiger partial charge in [0, 0.05) is 6.54 Å². The summed E-state index contributed by atoms with van der Waals surface area (Å²) in [6.45, 7) is 1.27. The number of nitrogens with one attached hydrogen (secondary N) is 1. The zero-order valence-electron chi connectivity index (χ0n) is 9.96. The average Bonchev–Trinajstić information content (AvgIpc) is 2.97. The van der Waals surface area contributed by atoms with Gasteiger partial charge in [0.1, 0.15) is 15.6 Å². The molecule has 0 aromatic carbocycles. The van der Waals surface area contributed by atoms with Crippen molar-refractivity contribution in [3.8, 4) is 0 Å². The lowest BCUT2D eigenvalue weighted by Gasteiger charge is -2.20. The van der Waals surface area contributed by atoms with Crippen molar-refractivity contribution in [2.24, 2.45) is 0 Å². The van der Waals surface area contributed by atoms with Crippen LogP contribution in [0.25, 0.3) is 0 Å². The Labute approximate surface area is 119 Å². The lowest BCUT2D eigenvalue weighted by molar-refractivity contribution is 0.0396. The maximum Gasteiger partial charge on any atom is 0.250 e. The first kappa shape index (κ1) is 14.5. The van der Waals surface area contributed by atoms with E-state index in [1.807, 2.05) is 0 Å². The maximum absolute atomic E-state index is 12.0. The fourth-order valence-electron chi connectivity index (χ4n) is 1.42. The van der Waals surface area contributed by atoms with Gasteiger partial charge in [0.25, 0.3) is 0 Å². The Morgan fingerprint density at radius 3 is 2.74 bits per heavy atom. The zero-order valence-corrected chi connectivity index (χ0v) is 12.3. The molecule has 0 fully saturated rings. The van der Waals surface area contributed by atoms with E-state index in [-0.39, 0.29) is 10.8 Å². The van der Waals surface area contributed by atoms with E-state index in [0.717, 1.165) is 11.3 Å². The maximum atomic E-state index is 12.0. The van der Waals surface area contributed by atoms with Crippen LogP contribution in [0, 0.1) is 0 Å². The highest BCUT2D eigenvalue weighted by Gasteiger charge is 2.29. The van der Waals surface area contributed by atoms with Crippen LogP contribution in [0.4, 0.5) is 0 Å². The molecule has 0 unspecified atom stereocenters. The number of furan rings is 1. The second kappa shape index (κ2) is 5.26. The van der Waals surface area contributed by atoms with E-state index < -0.39 is 15.6 Å². The molecule has 104 valence electrons. The smallest absolute Gasteiger partial charge is 0.250 e. The van der Waals surface area contributed by atoms with Crippen LogP contribution < -0.4 is 4.72 Å². The number of thiophene rings is 1. The highest BCUT2D eigenvalue weighted by Crippen LogP contribution is 2.26. The Morgan fingerprint density at radius 1 is 1.47 bits per heavy atom. The third-order valence-electron chi connectivity index (χ3n) is 2.47. The summed E-state index contributed by atoms with van der Waals surface area (Å²) in [6.07, 6.45) is 1.41. The summed E-state index contributed by atoms with van der Waals surface area (Å²) < 4.78 is 31.8.